The molecule has 3 nitrogen and oxygen atoms in total. The molecule has 1 aliphatic rings. The van der Waals surface area contributed by atoms with Crippen LogP contribution in [0.25, 0.3) is 0 Å². The fourth-order valence-electron chi connectivity index (χ4n) is 5.32. The summed E-state index contributed by atoms with van der Waals surface area (Å²) >= 11 is 0. The van der Waals surface area contributed by atoms with Gasteiger partial charge in [0.15, 0.2) is 6.29 Å². The topological polar surface area (TPSA) is 42.2 Å². The van der Waals surface area contributed by atoms with Crippen molar-refractivity contribution in [1.82, 2.24) is 0 Å². The third kappa shape index (κ3) is 23.7. The largest absolute Gasteiger partial charge is 0.350 e. The predicted octanol–water partition coefficient (Wildman–Crippen LogP) is 11.0. The number of hydrogen-bond donors (Lipinski definition) is 0. The van der Waals surface area contributed by atoms with E-state index in [1.165, 1.54) is 128 Å². The van der Waals surface area contributed by atoms with Crippen LogP contribution in [0.3, 0.4) is 0 Å². The maximum absolute atomic E-state index is 9.03. The molecule has 1 unspecified atom stereocenters. The molecule has 1 atom stereocenters. The molecule has 0 spiro atoms. The summed E-state index contributed by atoms with van der Waals surface area (Å²) < 4.78 is 11.0. The maximum Gasteiger partial charge on any atom is 0.157 e. The molecule has 1 rings (SSSR count). The van der Waals surface area contributed by atoms with Crippen molar-refractivity contribution in [3.63, 3.8) is 0 Å². The van der Waals surface area contributed by atoms with E-state index in [2.05, 4.69) is 37.3 Å². The van der Waals surface area contributed by atoms with Gasteiger partial charge >= 0.3 is 0 Å². The van der Waals surface area contributed by atoms with Crippen LogP contribution in [0.4, 0.5) is 0 Å². The molecule has 1 fully saturated rings. The third-order valence-corrected chi connectivity index (χ3v) is 7.72. The number of unbranched alkanes of at least 4 members (excludes halogenated alkanes) is 15. The fourth-order valence-corrected chi connectivity index (χ4v) is 5.32. The zero-order valence-corrected chi connectivity index (χ0v) is 24.6. The number of nitrogens with zero attached hydrogens (tertiary/aromatic N) is 1. The molecule has 0 radical (unpaired) electrons. The second-order valence-corrected chi connectivity index (χ2v) is 11.2. The Morgan fingerprint density at radius 3 is 1.73 bits per heavy atom. The zero-order chi connectivity index (χ0) is 26.5. The molecule has 0 aliphatic carbocycles. The van der Waals surface area contributed by atoms with Crippen LogP contribution in [-0.4, -0.2) is 19.5 Å². The first kappa shape index (κ1) is 33.9. The van der Waals surface area contributed by atoms with Gasteiger partial charge in [-0.2, -0.15) is 5.26 Å². The van der Waals surface area contributed by atoms with Gasteiger partial charge in [-0.05, 0) is 57.3 Å². The van der Waals surface area contributed by atoms with Crippen molar-refractivity contribution < 1.29 is 9.47 Å². The molecular weight excluding hydrogens is 454 g/mol. The quantitative estimate of drug-likeness (QED) is 0.0806. The molecule has 3 heteroatoms. The van der Waals surface area contributed by atoms with E-state index in [0.29, 0.717) is 0 Å². The zero-order valence-electron chi connectivity index (χ0n) is 24.6. The predicted molar refractivity (Wildman–Crippen MR) is 160 cm³/mol. The number of allylic oxidation sites excluding steroid dienone is 4. The Balaban J connectivity index is 1.89. The minimum atomic E-state index is 0.0748. The van der Waals surface area contributed by atoms with Crippen molar-refractivity contribution in [2.45, 2.75) is 167 Å². The molecule has 1 heterocycles. The highest BCUT2D eigenvalue weighted by Gasteiger charge is 2.14. The van der Waals surface area contributed by atoms with E-state index in [-0.39, 0.29) is 6.29 Å². The summed E-state index contributed by atoms with van der Waals surface area (Å²) in [5.74, 6) is 0.772. The molecule has 0 N–H and O–H groups in total. The molecule has 0 aromatic rings. The number of nitriles is 1. The van der Waals surface area contributed by atoms with Crippen molar-refractivity contribution >= 4 is 0 Å². The molecule has 0 amide bonds. The summed E-state index contributed by atoms with van der Waals surface area (Å²) in [4.78, 5) is 0. The Morgan fingerprint density at radius 2 is 1.16 bits per heavy atom. The van der Waals surface area contributed by atoms with E-state index in [9.17, 15) is 0 Å². The standard InChI is InChI=1S/C34H61NO2/c1-2-3-4-5-6-7-8-9-10-11-12-13-14-15-16-19-22-26-33(28-25-30-35)27-23-20-17-18-21-24-29-34-36-31-32-37-34/h6-7,9-10,33-34H,2-5,8,11-29,31-32H2,1H3/b7-6-,10-9-. The van der Waals surface area contributed by atoms with Gasteiger partial charge in [-0.25, -0.2) is 0 Å². The van der Waals surface area contributed by atoms with E-state index >= 15 is 0 Å². The third-order valence-electron chi connectivity index (χ3n) is 7.72. The van der Waals surface area contributed by atoms with Gasteiger partial charge in [-0.3, -0.25) is 0 Å². The lowest BCUT2D eigenvalue weighted by Crippen LogP contribution is -2.06. The van der Waals surface area contributed by atoms with Crippen molar-refractivity contribution in [1.29, 1.82) is 5.26 Å². The van der Waals surface area contributed by atoms with Crippen molar-refractivity contribution in [2.75, 3.05) is 13.2 Å². The van der Waals surface area contributed by atoms with E-state index in [1.807, 2.05) is 0 Å². The lowest BCUT2D eigenvalue weighted by atomic mass is 9.90. The molecule has 0 aromatic carbocycles. The highest BCUT2D eigenvalue weighted by molar-refractivity contribution is 4.92. The Bertz CT molecular complexity index is 559. The van der Waals surface area contributed by atoms with Gasteiger partial charge in [0.25, 0.3) is 0 Å². The van der Waals surface area contributed by atoms with Crippen LogP contribution in [0.5, 0.6) is 0 Å². The second-order valence-electron chi connectivity index (χ2n) is 11.2. The van der Waals surface area contributed by atoms with Gasteiger partial charge in [-0.15, -0.1) is 0 Å². The summed E-state index contributed by atoms with van der Waals surface area (Å²) in [6, 6.07) is 2.38. The Kier molecular flexibility index (Phi) is 25.6. The molecule has 1 saturated heterocycles. The second kappa shape index (κ2) is 27.9. The van der Waals surface area contributed by atoms with Crippen LogP contribution in [0.1, 0.15) is 161 Å². The molecule has 37 heavy (non-hydrogen) atoms. The van der Waals surface area contributed by atoms with Gasteiger partial charge in [0.2, 0.25) is 0 Å². The Morgan fingerprint density at radius 1 is 0.649 bits per heavy atom. The first-order valence-corrected chi connectivity index (χ1v) is 16.3. The summed E-state index contributed by atoms with van der Waals surface area (Å²) in [6.45, 7) is 3.81. The maximum atomic E-state index is 9.03. The molecule has 0 aromatic heterocycles. The minimum Gasteiger partial charge on any atom is -0.350 e. The highest BCUT2D eigenvalue weighted by Crippen LogP contribution is 2.23. The lowest BCUT2D eigenvalue weighted by molar-refractivity contribution is -0.0480. The average Bonchev–Trinajstić information content (AvgIpc) is 3.43. The van der Waals surface area contributed by atoms with Crippen molar-refractivity contribution in [3.8, 4) is 6.07 Å². The van der Waals surface area contributed by atoms with Crippen LogP contribution in [0.2, 0.25) is 0 Å². The molecule has 214 valence electrons. The summed E-state index contributed by atoms with van der Waals surface area (Å²) in [6.07, 6.45) is 40.2. The normalized spacial score (nSPS) is 15.2. The molecule has 0 saturated carbocycles. The molecular formula is C34H61NO2. The van der Waals surface area contributed by atoms with Gasteiger partial charge in [-0.1, -0.05) is 128 Å². The Hall–Kier alpha value is -1.11. The molecule has 0 bridgehead atoms. The first-order valence-electron chi connectivity index (χ1n) is 16.3. The summed E-state index contributed by atoms with van der Waals surface area (Å²) in [7, 11) is 0. The average molecular weight is 516 g/mol. The number of ether oxygens (including phenoxy) is 2. The van der Waals surface area contributed by atoms with Crippen LogP contribution in [0, 0.1) is 17.2 Å². The van der Waals surface area contributed by atoms with Gasteiger partial charge in [0, 0.05) is 6.42 Å². The first-order chi connectivity index (χ1) is 18.4. The fraction of sp³-hybridized carbons (Fsp3) is 0.853. The van der Waals surface area contributed by atoms with Crippen molar-refractivity contribution in [3.05, 3.63) is 24.3 Å². The van der Waals surface area contributed by atoms with Crippen LogP contribution in [0.15, 0.2) is 24.3 Å². The monoisotopic (exact) mass is 515 g/mol. The summed E-state index contributed by atoms with van der Waals surface area (Å²) in [5, 5.41) is 9.03. The Labute approximate surface area is 231 Å². The minimum absolute atomic E-state index is 0.0748. The van der Waals surface area contributed by atoms with Crippen LogP contribution >= 0.6 is 0 Å². The van der Waals surface area contributed by atoms with E-state index < -0.39 is 0 Å². The van der Waals surface area contributed by atoms with E-state index in [0.717, 1.165) is 44.8 Å². The number of hydrogen-bond acceptors (Lipinski definition) is 3. The smallest absolute Gasteiger partial charge is 0.157 e. The van der Waals surface area contributed by atoms with Gasteiger partial charge in [0.1, 0.15) is 0 Å². The number of rotatable bonds is 27. The SMILES string of the molecule is CCCCC/C=C\C/C=C\CCCCCCCCCC(CCC#N)CCCCCCCCC1OCCO1. The molecule has 1 aliphatic heterocycles. The summed E-state index contributed by atoms with van der Waals surface area (Å²) in [5.41, 5.74) is 0. The van der Waals surface area contributed by atoms with Crippen LogP contribution < -0.4 is 0 Å². The van der Waals surface area contributed by atoms with Crippen LogP contribution in [-0.2, 0) is 9.47 Å². The van der Waals surface area contributed by atoms with Gasteiger partial charge in [0.05, 0.1) is 19.3 Å². The van der Waals surface area contributed by atoms with Crippen molar-refractivity contribution in [2.24, 2.45) is 5.92 Å². The van der Waals surface area contributed by atoms with Gasteiger partial charge < -0.3 is 9.47 Å². The van der Waals surface area contributed by atoms with E-state index in [1.54, 1.807) is 0 Å². The highest BCUT2D eigenvalue weighted by atomic mass is 16.7. The lowest BCUT2D eigenvalue weighted by Gasteiger charge is -2.15. The van der Waals surface area contributed by atoms with E-state index in [4.69, 9.17) is 14.7 Å².